The molecule has 0 aromatic heterocycles. The van der Waals surface area contributed by atoms with Gasteiger partial charge in [-0.15, -0.1) is 0 Å². The van der Waals surface area contributed by atoms with Crippen molar-refractivity contribution < 1.29 is 5.11 Å². The summed E-state index contributed by atoms with van der Waals surface area (Å²) in [5, 5.41) is 10.2. The lowest BCUT2D eigenvalue weighted by Crippen LogP contribution is -2.22. The first-order valence-electron chi connectivity index (χ1n) is 6.91. The average molecular weight is 323 g/mol. The third kappa shape index (κ3) is 4.96. The van der Waals surface area contributed by atoms with Gasteiger partial charge in [0.15, 0.2) is 0 Å². The summed E-state index contributed by atoms with van der Waals surface area (Å²) in [5.41, 5.74) is 1.82. The van der Waals surface area contributed by atoms with E-state index >= 15 is 0 Å². The summed E-state index contributed by atoms with van der Waals surface area (Å²) in [6, 6.07) is 8.30. The largest absolute Gasteiger partial charge is 0.386 e. The number of hydrogen-bond acceptors (Lipinski definition) is 1. The maximum atomic E-state index is 10.2. The number of benzene rings is 1. The van der Waals surface area contributed by atoms with Crippen LogP contribution in [0.25, 0.3) is 5.57 Å². The van der Waals surface area contributed by atoms with Gasteiger partial charge in [0, 0.05) is 4.47 Å². The lowest BCUT2D eigenvalue weighted by molar-refractivity contribution is 0.0828. The molecule has 0 fully saturated rings. The molecule has 19 heavy (non-hydrogen) atoms. The molecule has 0 aliphatic carbocycles. The van der Waals surface area contributed by atoms with Crippen LogP contribution >= 0.6 is 15.9 Å². The van der Waals surface area contributed by atoms with E-state index in [9.17, 15) is 5.11 Å². The number of allylic oxidation sites excluding steroid dienone is 3. The van der Waals surface area contributed by atoms with E-state index in [2.05, 4.69) is 41.1 Å². The highest BCUT2D eigenvalue weighted by Crippen LogP contribution is 2.22. The molecule has 1 N–H and O–H groups in total. The highest BCUT2D eigenvalue weighted by Gasteiger charge is 2.16. The van der Waals surface area contributed by atoms with Crippen molar-refractivity contribution >= 4 is 21.5 Å². The summed E-state index contributed by atoms with van der Waals surface area (Å²) < 4.78 is 1.09. The molecule has 0 aliphatic rings. The van der Waals surface area contributed by atoms with Gasteiger partial charge in [0.1, 0.15) is 0 Å². The Hall–Kier alpha value is -0.860. The highest BCUT2D eigenvalue weighted by atomic mass is 79.9. The van der Waals surface area contributed by atoms with Gasteiger partial charge < -0.3 is 5.11 Å². The molecule has 2 heteroatoms. The Labute approximate surface area is 125 Å². The number of aliphatic hydroxyl groups is 1. The van der Waals surface area contributed by atoms with Crippen molar-refractivity contribution in [1.29, 1.82) is 0 Å². The summed E-state index contributed by atoms with van der Waals surface area (Å²) in [6.45, 7) is 6.16. The quantitative estimate of drug-likeness (QED) is 0.700. The van der Waals surface area contributed by atoms with Crippen LogP contribution in [-0.4, -0.2) is 10.7 Å². The molecule has 0 unspecified atom stereocenters. The minimum absolute atomic E-state index is 0.674. The molecule has 1 aromatic rings. The SMILES string of the molecule is CCC(=CC=CC(O)(CC)CC)c1cccc(Br)c1. The molecular formula is C17H23BrO. The highest BCUT2D eigenvalue weighted by molar-refractivity contribution is 9.10. The van der Waals surface area contributed by atoms with Crippen LogP contribution in [0.15, 0.2) is 47.0 Å². The minimum Gasteiger partial charge on any atom is -0.386 e. The van der Waals surface area contributed by atoms with Crippen molar-refractivity contribution in [3.63, 3.8) is 0 Å². The maximum absolute atomic E-state index is 10.2. The van der Waals surface area contributed by atoms with Crippen LogP contribution in [0.2, 0.25) is 0 Å². The van der Waals surface area contributed by atoms with Gasteiger partial charge in [-0.2, -0.15) is 0 Å². The zero-order valence-corrected chi connectivity index (χ0v) is 13.6. The number of hydrogen-bond donors (Lipinski definition) is 1. The Kier molecular flexibility index (Phi) is 6.53. The van der Waals surface area contributed by atoms with Crippen LogP contribution in [0.1, 0.15) is 45.6 Å². The molecule has 0 saturated carbocycles. The Morgan fingerprint density at radius 3 is 2.47 bits per heavy atom. The summed E-state index contributed by atoms with van der Waals surface area (Å²) in [7, 11) is 0. The van der Waals surface area contributed by atoms with Crippen molar-refractivity contribution in [2.75, 3.05) is 0 Å². The summed E-state index contributed by atoms with van der Waals surface area (Å²) in [6.07, 6.45) is 8.43. The van der Waals surface area contributed by atoms with Crippen molar-refractivity contribution in [3.05, 3.63) is 52.5 Å². The van der Waals surface area contributed by atoms with Gasteiger partial charge >= 0.3 is 0 Å². The van der Waals surface area contributed by atoms with Crippen LogP contribution in [0.3, 0.4) is 0 Å². The van der Waals surface area contributed by atoms with Gasteiger partial charge in [-0.1, -0.05) is 67.1 Å². The molecule has 1 rings (SSSR count). The summed E-state index contributed by atoms with van der Waals surface area (Å²) in [5.74, 6) is 0. The summed E-state index contributed by atoms with van der Waals surface area (Å²) in [4.78, 5) is 0. The Balaban J connectivity index is 2.92. The molecule has 104 valence electrons. The van der Waals surface area contributed by atoms with Crippen molar-refractivity contribution in [1.82, 2.24) is 0 Å². The molecule has 0 aliphatic heterocycles. The predicted molar refractivity (Wildman–Crippen MR) is 87.1 cm³/mol. The summed E-state index contributed by atoms with van der Waals surface area (Å²) >= 11 is 3.50. The van der Waals surface area contributed by atoms with E-state index < -0.39 is 5.60 Å². The molecule has 0 spiro atoms. The van der Waals surface area contributed by atoms with E-state index in [4.69, 9.17) is 0 Å². The lowest BCUT2D eigenvalue weighted by atomic mass is 9.96. The molecule has 0 atom stereocenters. The normalized spacial score (nSPS) is 13.2. The Morgan fingerprint density at radius 2 is 1.95 bits per heavy atom. The van der Waals surface area contributed by atoms with Gasteiger partial charge in [0.25, 0.3) is 0 Å². The molecule has 0 amide bonds. The number of rotatable bonds is 6. The topological polar surface area (TPSA) is 20.2 Å². The van der Waals surface area contributed by atoms with Crippen molar-refractivity contribution in [2.45, 2.75) is 45.6 Å². The molecule has 1 nitrogen and oxygen atoms in total. The van der Waals surface area contributed by atoms with Crippen LogP contribution in [-0.2, 0) is 0 Å². The molecule has 1 aromatic carbocycles. The molecule has 0 bridgehead atoms. The second kappa shape index (κ2) is 7.66. The predicted octanol–water partition coefficient (Wildman–Crippen LogP) is 5.35. The fraction of sp³-hybridized carbons (Fsp3) is 0.412. The van der Waals surface area contributed by atoms with Crippen LogP contribution in [0.5, 0.6) is 0 Å². The first-order valence-corrected chi connectivity index (χ1v) is 7.70. The fourth-order valence-corrected chi connectivity index (χ4v) is 2.33. The third-order valence-electron chi connectivity index (χ3n) is 3.50. The minimum atomic E-state index is -0.674. The third-order valence-corrected chi connectivity index (χ3v) is 4.00. The standard InChI is InChI=1S/C17H23BrO/c1-4-14(15-9-7-11-16(18)13-15)10-8-12-17(19,5-2)6-3/h7-13,19H,4-6H2,1-3H3. The van der Waals surface area contributed by atoms with E-state index in [1.54, 1.807) is 0 Å². The Morgan fingerprint density at radius 1 is 1.26 bits per heavy atom. The van der Waals surface area contributed by atoms with Crippen LogP contribution in [0.4, 0.5) is 0 Å². The van der Waals surface area contributed by atoms with E-state index in [0.29, 0.717) is 0 Å². The maximum Gasteiger partial charge on any atom is 0.0825 e. The first kappa shape index (κ1) is 16.2. The van der Waals surface area contributed by atoms with Gasteiger partial charge in [0.05, 0.1) is 5.60 Å². The monoisotopic (exact) mass is 322 g/mol. The fourth-order valence-electron chi connectivity index (χ4n) is 1.94. The van der Waals surface area contributed by atoms with E-state index in [1.165, 1.54) is 11.1 Å². The second-order valence-corrected chi connectivity index (χ2v) is 5.64. The zero-order chi connectivity index (χ0) is 14.3. The van der Waals surface area contributed by atoms with Crippen LogP contribution in [0, 0.1) is 0 Å². The van der Waals surface area contributed by atoms with Gasteiger partial charge in [-0.3, -0.25) is 0 Å². The average Bonchev–Trinajstić information content (AvgIpc) is 2.43. The lowest BCUT2D eigenvalue weighted by Gasteiger charge is -2.20. The second-order valence-electron chi connectivity index (χ2n) is 4.73. The van der Waals surface area contributed by atoms with Gasteiger partial charge in [-0.05, 0) is 42.5 Å². The Bertz CT molecular complexity index is 456. The number of halogens is 1. The van der Waals surface area contributed by atoms with Crippen molar-refractivity contribution in [3.8, 4) is 0 Å². The van der Waals surface area contributed by atoms with Crippen LogP contribution < -0.4 is 0 Å². The molecule has 0 heterocycles. The first-order chi connectivity index (χ1) is 9.04. The van der Waals surface area contributed by atoms with Crippen molar-refractivity contribution in [2.24, 2.45) is 0 Å². The van der Waals surface area contributed by atoms with Gasteiger partial charge in [0.2, 0.25) is 0 Å². The van der Waals surface area contributed by atoms with Gasteiger partial charge in [-0.25, -0.2) is 0 Å². The van der Waals surface area contributed by atoms with E-state index in [0.717, 1.165) is 23.7 Å². The molecule has 0 radical (unpaired) electrons. The van der Waals surface area contributed by atoms with E-state index in [-0.39, 0.29) is 0 Å². The smallest absolute Gasteiger partial charge is 0.0825 e. The zero-order valence-electron chi connectivity index (χ0n) is 12.0. The molecular weight excluding hydrogens is 300 g/mol. The van der Waals surface area contributed by atoms with E-state index in [1.807, 2.05) is 38.1 Å². The molecule has 0 saturated heterocycles.